The lowest BCUT2D eigenvalue weighted by Crippen LogP contribution is -2.41. The van der Waals surface area contributed by atoms with Gasteiger partial charge in [0.05, 0.1) is 5.41 Å². The molecule has 0 aliphatic rings. The molecule has 3 N–H and O–H groups in total. The Hall–Kier alpha value is -1.35. The van der Waals surface area contributed by atoms with Crippen molar-refractivity contribution in [2.45, 2.75) is 47.0 Å². The van der Waals surface area contributed by atoms with E-state index in [9.17, 15) is 9.90 Å². The zero-order chi connectivity index (χ0) is 14.6. The maximum absolute atomic E-state index is 11.7. The van der Waals surface area contributed by atoms with Crippen LogP contribution in [0, 0.1) is 26.2 Å². The van der Waals surface area contributed by atoms with E-state index in [-0.39, 0.29) is 6.54 Å². The molecule has 0 fully saturated rings. The van der Waals surface area contributed by atoms with Gasteiger partial charge in [-0.3, -0.25) is 4.79 Å². The topological polar surface area (TPSA) is 63.3 Å². The van der Waals surface area contributed by atoms with Gasteiger partial charge in [-0.1, -0.05) is 31.0 Å². The highest BCUT2D eigenvalue weighted by Gasteiger charge is 2.37. The lowest BCUT2D eigenvalue weighted by Gasteiger charge is -2.29. The van der Waals surface area contributed by atoms with E-state index in [2.05, 4.69) is 19.1 Å². The normalized spacial score (nSPS) is 14.2. The summed E-state index contributed by atoms with van der Waals surface area (Å²) in [6.45, 7) is 8.34. The summed E-state index contributed by atoms with van der Waals surface area (Å²) in [4.78, 5) is 11.7. The van der Waals surface area contributed by atoms with Crippen LogP contribution in [0.3, 0.4) is 0 Å². The molecule has 19 heavy (non-hydrogen) atoms. The number of benzene rings is 1. The molecule has 0 bridgehead atoms. The molecule has 1 unspecified atom stereocenters. The van der Waals surface area contributed by atoms with Gasteiger partial charge in [-0.25, -0.2) is 0 Å². The van der Waals surface area contributed by atoms with Crippen LogP contribution < -0.4 is 5.73 Å². The molecule has 106 valence electrons. The van der Waals surface area contributed by atoms with Crippen molar-refractivity contribution >= 4 is 5.97 Å². The van der Waals surface area contributed by atoms with Crippen molar-refractivity contribution in [1.82, 2.24) is 0 Å². The van der Waals surface area contributed by atoms with E-state index in [4.69, 9.17) is 5.73 Å². The predicted octanol–water partition coefficient (Wildman–Crippen LogP) is 2.98. The number of carboxylic acids is 1. The van der Waals surface area contributed by atoms with Gasteiger partial charge in [0.1, 0.15) is 0 Å². The minimum Gasteiger partial charge on any atom is -0.481 e. The molecule has 0 radical (unpaired) electrons. The molecule has 3 nitrogen and oxygen atoms in total. The summed E-state index contributed by atoms with van der Waals surface area (Å²) in [6.07, 6.45) is 1.96. The van der Waals surface area contributed by atoms with Gasteiger partial charge in [-0.05, 0) is 50.3 Å². The molecule has 0 saturated heterocycles. The van der Waals surface area contributed by atoms with Crippen LogP contribution in [0.15, 0.2) is 12.1 Å². The number of nitrogens with two attached hydrogens (primary N) is 1. The Labute approximate surface area is 115 Å². The highest BCUT2D eigenvalue weighted by atomic mass is 16.4. The van der Waals surface area contributed by atoms with Gasteiger partial charge in [0.2, 0.25) is 0 Å². The largest absolute Gasteiger partial charge is 0.481 e. The fraction of sp³-hybridized carbons (Fsp3) is 0.562. The smallest absolute Gasteiger partial charge is 0.311 e. The van der Waals surface area contributed by atoms with Crippen molar-refractivity contribution in [3.63, 3.8) is 0 Å². The molecule has 0 aliphatic carbocycles. The second-order valence-corrected chi connectivity index (χ2v) is 5.59. The Balaban J connectivity index is 3.20. The maximum atomic E-state index is 11.7. The number of rotatable bonds is 6. The second kappa shape index (κ2) is 6.20. The van der Waals surface area contributed by atoms with Crippen molar-refractivity contribution in [2.75, 3.05) is 6.54 Å². The van der Waals surface area contributed by atoms with Crippen LogP contribution in [0.4, 0.5) is 0 Å². The first-order valence-electron chi connectivity index (χ1n) is 6.86. The molecule has 0 aromatic heterocycles. The quantitative estimate of drug-likeness (QED) is 0.829. The van der Waals surface area contributed by atoms with Crippen LogP contribution >= 0.6 is 0 Å². The summed E-state index contributed by atoms with van der Waals surface area (Å²) >= 11 is 0. The number of aliphatic carboxylic acids is 1. The monoisotopic (exact) mass is 263 g/mol. The van der Waals surface area contributed by atoms with Gasteiger partial charge >= 0.3 is 5.97 Å². The number of carbonyl (C=O) groups is 1. The van der Waals surface area contributed by atoms with Gasteiger partial charge in [-0.2, -0.15) is 0 Å². The van der Waals surface area contributed by atoms with Gasteiger partial charge in [0, 0.05) is 6.54 Å². The number of hydrogen-bond donors (Lipinski definition) is 2. The van der Waals surface area contributed by atoms with Crippen LogP contribution in [0.25, 0.3) is 0 Å². The Morgan fingerprint density at radius 1 is 1.26 bits per heavy atom. The van der Waals surface area contributed by atoms with Crippen molar-refractivity contribution in [2.24, 2.45) is 11.1 Å². The van der Waals surface area contributed by atoms with Gasteiger partial charge in [0.25, 0.3) is 0 Å². The molecule has 0 saturated carbocycles. The third kappa shape index (κ3) is 3.35. The molecule has 1 rings (SSSR count). The highest BCUT2D eigenvalue weighted by molar-refractivity contribution is 5.75. The number of carboxylic acid groups (broad SMARTS) is 1. The molecule has 1 atom stereocenters. The SMILES string of the molecule is CCCC(CN)(Cc1c(C)cc(C)cc1C)C(=O)O. The molecule has 1 aromatic carbocycles. The van der Waals surface area contributed by atoms with Crippen LogP contribution in [-0.4, -0.2) is 17.6 Å². The molecule has 0 amide bonds. The van der Waals surface area contributed by atoms with E-state index in [0.717, 1.165) is 23.1 Å². The van der Waals surface area contributed by atoms with Crippen LogP contribution in [-0.2, 0) is 11.2 Å². The Bertz CT molecular complexity index is 445. The van der Waals surface area contributed by atoms with Crippen molar-refractivity contribution in [3.8, 4) is 0 Å². The van der Waals surface area contributed by atoms with E-state index in [1.807, 2.05) is 20.8 Å². The molecule has 0 aliphatic heterocycles. The summed E-state index contributed by atoms with van der Waals surface area (Å²) in [5.41, 5.74) is 9.62. The average molecular weight is 263 g/mol. The third-order valence-corrected chi connectivity index (χ3v) is 3.93. The molecular formula is C16H25NO2. The first-order valence-corrected chi connectivity index (χ1v) is 6.86. The van der Waals surface area contributed by atoms with Gasteiger partial charge in [0.15, 0.2) is 0 Å². The number of hydrogen-bond acceptors (Lipinski definition) is 2. The fourth-order valence-corrected chi connectivity index (χ4v) is 2.84. The fourth-order valence-electron chi connectivity index (χ4n) is 2.84. The minimum absolute atomic E-state index is 0.183. The van der Waals surface area contributed by atoms with E-state index in [1.165, 1.54) is 5.56 Å². The van der Waals surface area contributed by atoms with E-state index < -0.39 is 11.4 Å². The molecular weight excluding hydrogens is 238 g/mol. The third-order valence-electron chi connectivity index (χ3n) is 3.93. The van der Waals surface area contributed by atoms with Gasteiger partial charge < -0.3 is 10.8 Å². The molecule has 3 heteroatoms. The summed E-state index contributed by atoms with van der Waals surface area (Å²) in [5.74, 6) is -0.781. The summed E-state index contributed by atoms with van der Waals surface area (Å²) in [5, 5.41) is 9.57. The van der Waals surface area contributed by atoms with E-state index >= 15 is 0 Å². The predicted molar refractivity (Wildman–Crippen MR) is 78.4 cm³/mol. The van der Waals surface area contributed by atoms with Gasteiger partial charge in [-0.15, -0.1) is 0 Å². The van der Waals surface area contributed by atoms with Crippen LogP contribution in [0.2, 0.25) is 0 Å². The summed E-state index contributed by atoms with van der Waals surface area (Å²) in [7, 11) is 0. The zero-order valence-corrected chi connectivity index (χ0v) is 12.4. The number of aryl methyl sites for hydroxylation is 3. The zero-order valence-electron chi connectivity index (χ0n) is 12.4. The van der Waals surface area contributed by atoms with E-state index in [1.54, 1.807) is 0 Å². The Morgan fingerprint density at radius 3 is 2.16 bits per heavy atom. The van der Waals surface area contributed by atoms with Crippen LogP contribution in [0.5, 0.6) is 0 Å². The maximum Gasteiger partial charge on any atom is 0.311 e. The Kier molecular flexibility index (Phi) is 5.12. The second-order valence-electron chi connectivity index (χ2n) is 5.59. The standard InChI is InChI=1S/C16H25NO2/c1-5-6-16(10-17,15(18)19)9-14-12(3)7-11(2)8-13(14)4/h7-8H,5-6,9-10,17H2,1-4H3,(H,18,19). The molecule has 1 aromatic rings. The molecule has 0 spiro atoms. The van der Waals surface area contributed by atoms with Crippen molar-refractivity contribution < 1.29 is 9.90 Å². The highest BCUT2D eigenvalue weighted by Crippen LogP contribution is 2.31. The molecule has 0 heterocycles. The first kappa shape index (κ1) is 15.7. The summed E-state index contributed by atoms with van der Waals surface area (Å²) in [6, 6.07) is 4.22. The lowest BCUT2D eigenvalue weighted by atomic mass is 9.76. The Morgan fingerprint density at radius 2 is 1.79 bits per heavy atom. The van der Waals surface area contributed by atoms with Crippen molar-refractivity contribution in [1.29, 1.82) is 0 Å². The average Bonchev–Trinajstić information content (AvgIpc) is 2.32. The first-order chi connectivity index (χ1) is 8.86. The van der Waals surface area contributed by atoms with E-state index in [0.29, 0.717) is 12.8 Å². The summed E-state index contributed by atoms with van der Waals surface area (Å²) < 4.78 is 0. The van der Waals surface area contributed by atoms with Crippen molar-refractivity contribution in [3.05, 3.63) is 34.4 Å². The minimum atomic E-state index is -0.834. The lowest BCUT2D eigenvalue weighted by molar-refractivity contribution is -0.148. The van der Waals surface area contributed by atoms with Crippen LogP contribution in [0.1, 0.15) is 42.0 Å².